The number of nitrogens with one attached hydrogen (secondary N) is 1. The quantitative estimate of drug-likeness (QED) is 0.617. The van der Waals surface area contributed by atoms with Crippen molar-refractivity contribution in [2.75, 3.05) is 5.73 Å². The Balaban J connectivity index is 2.13. The number of H-pyrrole nitrogens is 1. The highest BCUT2D eigenvalue weighted by Crippen LogP contribution is 2.19. The van der Waals surface area contributed by atoms with Gasteiger partial charge >= 0.3 is 0 Å². The molecular weight excluding hydrogens is 246 g/mol. The molecule has 0 bridgehead atoms. The lowest BCUT2D eigenvalue weighted by Crippen LogP contribution is -2.09. The minimum absolute atomic E-state index is 0.233. The van der Waals surface area contributed by atoms with E-state index in [4.69, 9.17) is 5.73 Å². The lowest BCUT2D eigenvalue weighted by Gasteiger charge is -2.02. The standard InChI is InChI=1S/C12H11N5O2/c13-11-10-8(4-9(18)15-12(10)19)16-17(11)6-7-2-1-3-14-5-7/h1-5,18H,6,13H2,(H,15,19). The van der Waals surface area contributed by atoms with E-state index in [1.165, 1.54) is 10.7 Å². The van der Waals surface area contributed by atoms with E-state index >= 15 is 0 Å². The Morgan fingerprint density at radius 3 is 3.05 bits per heavy atom. The number of rotatable bonds is 2. The maximum absolute atomic E-state index is 11.7. The number of hydrogen-bond acceptors (Lipinski definition) is 5. The summed E-state index contributed by atoms with van der Waals surface area (Å²) >= 11 is 0. The minimum atomic E-state index is -0.454. The Hall–Kier alpha value is -2.83. The number of fused-ring (bicyclic) bond motifs is 1. The van der Waals surface area contributed by atoms with Gasteiger partial charge in [0.25, 0.3) is 5.56 Å². The fraction of sp³-hybridized carbons (Fsp3) is 0.0833. The van der Waals surface area contributed by atoms with E-state index < -0.39 is 5.56 Å². The number of nitrogen functional groups attached to an aromatic ring is 1. The van der Waals surface area contributed by atoms with E-state index in [1.54, 1.807) is 12.4 Å². The first-order valence-corrected chi connectivity index (χ1v) is 5.62. The predicted molar refractivity (Wildman–Crippen MR) is 69.8 cm³/mol. The number of nitrogens with two attached hydrogens (primary N) is 1. The van der Waals surface area contributed by atoms with Gasteiger partial charge in [0, 0.05) is 18.5 Å². The first kappa shape index (κ1) is 11.3. The molecule has 0 saturated heterocycles. The zero-order valence-corrected chi connectivity index (χ0v) is 9.87. The normalized spacial score (nSPS) is 10.9. The van der Waals surface area contributed by atoms with Crippen molar-refractivity contribution < 1.29 is 5.11 Å². The third kappa shape index (κ3) is 1.90. The number of hydrogen-bond donors (Lipinski definition) is 3. The minimum Gasteiger partial charge on any atom is -0.494 e. The molecule has 0 aliphatic carbocycles. The van der Waals surface area contributed by atoms with Crippen LogP contribution in [-0.2, 0) is 6.54 Å². The molecule has 7 heteroatoms. The molecule has 0 aromatic carbocycles. The number of pyridine rings is 2. The van der Waals surface area contributed by atoms with E-state index in [0.29, 0.717) is 12.1 Å². The number of nitrogens with zero attached hydrogens (tertiary/aromatic N) is 3. The molecule has 3 aromatic rings. The van der Waals surface area contributed by atoms with Gasteiger partial charge in [-0.2, -0.15) is 5.10 Å². The predicted octanol–water partition coefficient (Wildman–Crippen LogP) is 0.456. The summed E-state index contributed by atoms with van der Waals surface area (Å²) in [6.07, 6.45) is 3.38. The summed E-state index contributed by atoms with van der Waals surface area (Å²) in [6, 6.07) is 5.07. The van der Waals surface area contributed by atoms with Crippen LogP contribution in [0.15, 0.2) is 35.4 Å². The van der Waals surface area contributed by atoms with Crippen LogP contribution in [0.1, 0.15) is 5.56 Å². The van der Waals surface area contributed by atoms with Gasteiger partial charge in [0.1, 0.15) is 16.7 Å². The van der Waals surface area contributed by atoms with Gasteiger partial charge in [-0.05, 0) is 11.6 Å². The zero-order chi connectivity index (χ0) is 13.4. The molecule has 0 aliphatic rings. The summed E-state index contributed by atoms with van der Waals surface area (Å²) in [5.74, 6) is 0.0311. The summed E-state index contributed by atoms with van der Waals surface area (Å²) in [7, 11) is 0. The summed E-state index contributed by atoms with van der Waals surface area (Å²) in [5, 5.41) is 13.8. The molecule has 3 heterocycles. The second kappa shape index (κ2) is 4.13. The van der Waals surface area contributed by atoms with Crippen LogP contribution in [0.25, 0.3) is 10.9 Å². The molecule has 0 amide bonds. The van der Waals surface area contributed by atoms with Crippen molar-refractivity contribution in [2.24, 2.45) is 0 Å². The molecule has 7 nitrogen and oxygen atoms in total. The van der Waals surface area contributed by atoms with Crippen LogP contribution in [0.4, 0.5) is 5.82 Å². The molecule has 0 radical (unpaired) electrons. The third-order valence-corrected chi connectivity index (χ3v) is 2.82. The summed E-state index contributed by atoms with van der Waals surface area (Å²) in [6.45, 7) is 0.411. The molecule has 0 saturated carbocycles. The average Bonchev–Trinajstić information content (AvgIpc) is 2.67. The second-order valence-electron chi connectivity index (χ2n) is 4.15. The fourth-order valence-electron chi connectivity index (χ4n) is 1.96. The largest absolute Gasteiger partial charge is 0.494 e. The van der Waals surface area contributed by atoms with Crippen molar-refractivity contribution in [1.82, 2.24) is 19.7 Å². The molecular formula is C12H11N5O2. The molecule has 3 aromatic heterocycles. The van der Waals surface area contributed by atoms with Crippen molar-refractivity contribution >= 4 is 16.7 Å². The average molecular weight is 257 g/mol. The van der Waals surface area contributed by atoms with Gasteiger partial charge < -0.3 is 10.8 Å². The number of aromatic nitrogens is 4. The van der Waals surface area contributed by atoms with Crippen molar-refractivity contribution in [3.05, 3.63) is 46.5 Å². The highest BCUT2D eigenvalue weighted by molar-refractivity contribution is 5.88. The summed E-state index contributed by atoms with van der Waals surface area (Å²) < 4.78 is 1.51. The van der Waals surface area contributed by atoms with Gasteiger partial charge in [-0.1, -0.05) is 6.07 Å². The van der Waals surface area contributed by atoms with Crippen molar-refractivity contribution in [3.63, 3.8) is 0 Å². The molecule has 0 fully saturated rings. The van der Waals surface area contributed by atoms with E-state index in [-0.39, 0.29) is 17.1 Å². The number of aromatic amines is 1. The highest BCUT2D eigenvalue weighted by atomic mass is 16.3. The summed E-state index contributed by atoms with van der Waals surface area (Å²) in [4.78, 5) is 18.0. The first-order valence-electron chi connectivity index (χ1n) is 5.62. The van der Waals surface area contributed by atoms with Crippen molar-refractivity contribution in [2.45, 2.75) is 6.54 Å². The van der Waals surface area contributed by atoms with Gasteiger partial charge in [0.2, 0.25) is 0 Å². The Bertz CT molecular complexity index is 791. The van der Waals surface area contributed by atoms with E-state index in [0.717, 1.165) is 5.56 Å². The molecule has 4 N–H and O–H groups in total. The molecule has 0 atom stereocenters. The van der Waals surface area contributed by atoms with Crippen LogP contribution in [-0.4, -0.2) is 24.9 Å². The van der Waals surface area contributed by atoms with E-state index in [2.05, 4.69) is 15.1 Å². The van der Waals surface area contributed by atoms with Crippen molar-refractivity contribution in [3.8, 4) is 5.88 Å². The maximum atomic E-state index is 11.7. The van der Waals surface area contributed by atoms with E-state index in [9.17, 15) is 9.90 Å². The van der Waals surface area contributed by atoms with Crippen LogP contribution in [0, 0.1) is 0 Å². The Labute approximate surface area is 107 Å². The smallest absolute Gasteiger partial charge is 0.263 e. The molecule has 3 rings (SSSR count). The van der Waals surface area contributed by atoms with Gasteiger partial charge in [0.15, 0.2) is 5.88 Å². The lowest BCUT2D eigenvalue weighted by molar-refractivity contribution is 0.453. The lowest BCUT2D eigenvalue weighted by atomic mass is 10.3. The fourth-order valence-corrected chi connectivity index (χ4v) is 1.96. The summed E-state index contributed by atoms with van der Waals surface area (Å²) in [5.41, 5.74) is 6.75. The highest BCUT2D eigenvalue weighted by Gasteiger charge is 2.13. The number of aromatic hydroxyl groups is 1. The molecule has 0 spiro atoms. The molecule has 0 aliphatic heterocycles. The molecule has 96 valence electrons. The number of anilines is 1. The maximum Gasteiger partial charge on any atom is 0.263 e. The first-order chi connectivity index (χ1) is 9.15. The van der Waals surface area contributed by atoms with E-state index in [1.807, 2.05) is 12.1 Å². The van der Waals surface area contributed by atoms with Crippen LogP contribution < -0.4 is 11.3 Å². The van der Waals surface area contributed by atoms with Gasteiger partial charge in [-0.25, -0.2) is 4.68 Å². The molecule has 0 unspecified atom stereocenters. The van der Waals surface area contributed by atoms with Gasteiger partial charge in [0.05, 0.1) is 6.54 Å². The van der Waals surface area contributed by atoms with Crippen LogP contribution in [0.2, 0.25) is 0 Å². The topological polar surface area (TPSA) is 110 Å². The second-order valence-corrected chi connectivity index (χ2v) is 4.15. The van der Waals surface area contributed by atoms with Crippen LogP contribution in [0.5, 0.6) is 5.88 Å². The van der Waals surface area contributed by atoms with Crippen molar-refractivity contribution in [1.29, 1.82) is 0 Å². The van der Waals surface area contributed by atoms with Crippen LogP contribution in [0.3, 0.4) is 0 Å². The molecule has 19 heavy (non-hydrogen) atoms. The Morgan fingerprint density at radius 1 is 1.47 bits per heavy atom. The van der Waals surface area contributed by atoms with Gasteiger partial charge in [-0.15, -0.1) is 0 Å². The van der Waals surface area contributed by atoms with Crippen LogP contribution >= 0.6 is 0 Å². The third-order valence-electron chi connectivity index (χ3n) is 2.82. The Morgan fingerprint density at radius 2 is 2.32 bits per heavy atom. The SMILES string of the molecule is Nc1c2c(=O)[nH]c(O)cc2nn1Cc1cccnc1. The van der Waals surface area contributed by atoms with Gasteiger partial charge in [-0.3, -0.25) is 14.8 Å². The zero-order valence-electron chi connectivity index (χ0n) is 9.87. The monoisotopic (exact) mass is 257 g/mol. The Kier molecular flexibility index (Phi) is 2.45.